The van der Waals surface area contributed by atoms with Crippen LogP contribution in [0.15, 0.2) is 29.8 Å². The molecule has 4 nitrogen and oxygen atoms in total. The second-order valence-electron chi connectivity index (χ2n) is 5.12. The maximum atomic E-state index is 12.4. The lowest BCUT2D eigenvalue weighted by Crippen LogP contribution is -2.20. The minimum absolute atomic E-state index is 0.168. The maximum absolute atomic E-state index is 12.4. The third kappa shape index (κ3) is 3.54. The van der Waals surface area contributed by atoms with Gasteiger partial charge in [-0.05, 0) is 31.0 Å². The molecule has 0 unspecified atom stereocenters. The van der Waals surface area contributed by atoms with Gasteiger partial charge in [0, 0.05) is 17.6 Å². The summed E-state index contributed by atoms with van der Waals surface area (Å²) in [4.78, 5) is 16.7. The molecule has 0 spiro atoms. The summed E-state index contributed by atoms with van der Waals surface area (Å²) in [6.07, 6.45) is 6.45. The van der Waals surface area contributed by atoms with Crippen LogP contribution in [0.4, 0.5) is 11.5 Å². The Labute approximate surface area is 132 Å². The first-order valence-electron chi connectivity index (χ1n) is 6.99. The summed E-state index contributed by atoms with van der Waals surface area (Å²) in [5.41, 5.74) is 1.28. The number of anilines is 2. The van der Waals surface area contributed by atoms with Gasteiger partial charge >= 0.3 is 0 Å². The van der Waals surface area contributed by atoms with Gasteiger partial charge in [0.15, 0.2) is 0 Å². The van der Waals surface area contributed by atoms with Crippen molar-refractivity contribution in [1.29, 1.82) is 0 Å². The fourth-order valence-corrected chi connectivity index (χ4v) is 3.35. The molecule has 6 heteroatoms. The number of amides is 1. The third-order valence-electron chi connectivity index (χ3n) is 3.57. The van der Waals surface area contributed by atoms with Crippen molar-refractivity contribution in [3.8, 4) is 0 Å². The molecule has 0 atom stereocenters. The van der Waals surface area contributed by atoms with Gasteiger partial charge in [-0.1, -0.05) is 24.4 Å². The molecule has 0 saturated heterocycles. The zero-order valence-corrected chi connectivity index (χ0v) is 13.0. The molecule has 110 valence electrons. The summed E-state index contributed by atoms with van der Waals surface area (Å²) in [7, 11) is 0. The predicted octanol–water partition coefficient (Wildman–Crippen LogP) is 4.40. The van der Waals surface area contributed by atoms with E-state index in [0.29, 0.717) is 27.4 Å². The van der Waals surface area contributed by atoms with E-state index in [-0.39, 0.29) is 5.91 Å². The molecular formula is C15H16ClN3OS. The number of halogens is 1. The van der Waals surface area contributed by atoms with E-state index in [1.54, 1.807) is 24.4 Å². The molecule has 2 aromatic heterocycles. The van der Waals surface area contributed by atoms with Crippen molar-refractivity contribution < 1.29 is 4.79 Å². The van der Waals surface area contributed by atoms with Crippen LogP contribution in [0.3, 0.4) is 0 Å². The largest absolute Gasteiger partial charge is 0.367 e. The summed E-state index contributed by atoms with van der Waals surface area (Å²) >= 11 is 7.27. The number of nitrogens with zero attached hydrogens (tertiary/aromatic N) is 1. The molecule has 2 N–H and O–H groups in total. The molecule has 0 radical (unpaired) electrons. The van der Waals surface area contributed by atoms with E-state index >= 15 is 0 Å². The van der Waals surface area contributed by atoms with E-state index in [4.69, 9.17) is 11.6 Å². The molecule has 2 aromatic rings. The SMILES string of the molecule is O=C(Nc1csc(Cl)c1)c1cccnc1NC1CCCC1. The number of hydrogen-bond acceptors (Lipinski definition) is 4. The predicted molar refractivity (Wildman–Crippen MR) is 87.4 cm³/mol. The fraction of sp³-hybridized carbons (Fsp3) is 0.333. The molecule has 1 amide bonds. The van der Waals surface area contributed by atoms with Gasteiger partial charge in [0.25, 0.3) is 5.91 Å². The highest BCUT2D eigenvalue weighted by Crippen LogP contribution is 2.26. The molecule has 0 aliphatic heterocycles. The normalized spacial score (nSPS) is 15.1. The number of nitrogens with one attached hydrogen (secondary N) is 2. The van der Waals surface area contributed by atoms with Crippen LogP contribution in [0.25, 0.3) is 0 Å². The van der Waals surface area contributed by atoms with Crippen molar-refractivity contribution in [2.45, 2.75) is 31.7 Å². The lowest BCUT2D eigenvalue weighted by atomic mass is 10.2. The second kappa shape index (κ2) is 6.45. The topological polar surface area (TPSA) is 54.0 Å². The minimum atomic E-state index is -0.168. The van der Waals surface area contributed by atoms with Crippen LogP contribution in [0.1, 0.15) is 36.0 Å². The highest BCUT2D eigenvalue weighted by atomic mass is 35.5. The Morgan fingerprint density at radius 3 is 2.90 bits per heavy atom. The van der Waals surface area contributed by atoms with Gasteiger partial charge in [-0.15, -0.1) is 11.3 Å². The van der Waals surface area contributed by atoms with Gasteiger partial charge < -0.3 is 10.6 Å². The van der Waals surface area contributed by atoms with Gasteiger partial charge in [0.2, 0.25) is 0 Å². The first kappa shape index (κ1) is 14.4. The number of pyridine rings is 1. The van der Waals surface area contributed by atoms with E-state index in [1.807, 2.05) is 5.38 Å². The quantitative estimate of drug-likeness (QED) is 0.877. The Kier molecular flexibility index (Phi) is 4.41. The Balaban J connectivity index is 1.75. The van der Waals surface area contributed by atoms with Crippen molar-refractivity contribution in [2.24, 2.45) is 0 Å². The zero-order chi connectivity index (χ0) is 14.7. The van der Waals surface area contributed by atoms with Crippen LogP contribution >= 0.6 is 22.9 Å². The Hall–Kier alpha value is -1.59. The van der Waals surface area contributed by atoms with Crippen molar-refractivity contribution in [2.75, 3.05) is 10.6 Å². The fourth-order valence-electron chi connectivity index (χ4n) is 2.54. The smallest absolute Gasteiger partial charge is 0.259 e. The number of rotatable bonds is 4. The van der Waals surface area contributed by atoms with Gasteiger partial charge in [-0.3, -0.25) is 4.79 Å². The molecule has 1 aliphatic rings. The summed E-state index contributed by atoms with van der Waals surface area (Å²) in [5.74, 6) is 0.487. The molecule has 1 saturated carbocycles. The first-order chi connectivity index (χ1) is 10.2. The lowest BCUT2D eigenvalue weighted by molar-refractivity contribution is 0.102. The average Bonchev–Trinajstić information content (AvgIpc) is 3.11. The molecular weight excluding hydrogens is 306 g/mol. The minimum Gasteiger partial charge on any atom is -0.367 e. The molecule has 3 rings (SSSR count). The third-order valence-corrected chi connectivity index (χ3v) is 4.66. The van der Waals surface area contributed by atoms with E-state index in [1.165, 1.54) is 24.2 Å². The summed E-state index contributed by atoms with van der Waals surface area (Å²) in [5, 5.41) is 8.06. The number of thiophene rings is 1. The standard InChI is InChI=1S/C15H16ClN3OS/c16-13-8-11(9-21-13)19-15(20)12-6-3-7-17-14(12)18-10-4-1-2-5-10/h3,6-10H,1-2,4-5H2,(H,17,18)(H,19,20). The van der Waals surface area contributed by atoms with Crippen molar-refractivity contribution in [1.82, 2.24) is 4.98 Å². The highest BCUT2D eigenvalue weighted by Gasteiger charge is 2.19. The van der Waals surface area contributed by atoms with Gasteiger partial charge in [0.05, 0.1) is 15.6 Å². The molecule has 1 fully saturated rings. The van der Waals surface area contributed by atoms with Crippen LogP contribution in [-0.2, 0) is 0 Å². The Bertz CT molecular complexity index is 637. The average molecular weight is 322 g/mol. The van der Waals surface area contributed by atoms with E-state index in [0.717, 1.165) is 12.8 Å². The Morgan fingerprint density at radius 1 is 1.38 bits per heavy atom. The number of carbonyl (C=O) groups is 1. The molecule has 2 heterocycles. The number of hydrogen-bond donors (Lipinski definition) is 2. The van der Waals surface area contributed by atoms with E-state index < -0.39 is 0 Å². The van der Waals surface area contributed by atoms with Gasteiger partial charge in [-0.2, -0.15) is 0 Å². The molecule has 21 heavy (non-hydrogen) atoms. The first-order valence-corrected chi connectivity index (χ1v) is 8.25. The van der Waals surface area contributed by atoms with Crippen LogP contribution in [0, 0.1) is 0 Å². The van der Waals surface area contributed by atoms with Crippen molar-refractivity contribution in [3.05, 3.63) is 39.7 Å². The van der Waals surface area contributed by atoms with Crippen LogP contribution in [0.2, 0.25) is 4.34 Å². The second-order valence-corrected chi connectivity index (χ2v) is 6.66. The van der Waals surface area contributed by atoms with Crippen LogP contribution in [0.5, 0.6) is 0 Å². The number of aromatic nitrogens is 1. The van der Waals surface area contributed by atoms with E-state index in [9.17, 15) is 4.79 Å². The van der Waals surface area contributed by atoms with Crippen LogP contribution in [-0.4, -0.2) is 16.9 Å². The monoisotopic (exact) mass is 321 g/mol. The van der Waals surface area contributed by atoms with Gasteiger partial charge in [0.1, 0.15) is 5.82 Å². The van der Waals surface area contributed by atoms with Gasteiger partial charge in [-0.25, -0.2) is 4.98 Å². The summed E-state index contributed by atoms with van der Waals surface area (Å²) in [6.45, 7) is 0. The molecule has 0 bridgehead atoms. The van der Waals surface area contributed by atoms with E-state index in [2.05, 4.69) is 15.6 Å². The van der Waals surface area contributed by atoms with Crippen LogP contribution < -0.4 is 10.6 Å². The molecule has 0 aromatic carbocycles. The summed E-state index contributed by atoms with van der Waals surface area (Å²) in [6, 6.07) is 5.72. The summed E-state index contributed by atoms with van der Waals surface area (Å²) < 4.78 is 0.654. The zero-order valence-electron chi connectivity index (χ0n) is 11.4. The molecule has 1 aliphatic carbocycles. The maximum Gasteiger partial charge on any atom is 0.259 e. The van der Waals surface area contributed by atoms with Crippen molar-refractivity contribution >= 4 is 40.4 Å². The van der Waals surface area contributed by atoms with Crippen molar-refractivity contribution in [3.63, 3.8) is 0 Å². The number of carbonyl (C=O) groups excluding carboxylic acids is 1. The lowest BCUT2D eigenvalue weighted by Gasteiger charge is -2.15. The highest BCUT2D eigenvalue weighted by molar-refractivity contribution is 7.14. The Morgan fingerprint density at radius 2 is 2.19 bits per heavy atom.